The summed E-state index contributed by atoms with van der Waals surface area (Å²) in [5, 5.41) is 8.51. The predicted molar refractivity (Wildman–Crippen MR) is 95.6 cm³/mol. The second kappa shape index (κ2) is 24.3. The molecule has 0 aliphatic rings. The van der Waals surface area contributed by atoms with E-state index < -0.39 is 5.97 Å². The molecule has 0 bridgehead atoms. The Morgan fingerprint density at radius 3 is 1.64 bits per heavy atom. The van der Waals surface area contributed by atoms with Gasteiger partial charge < -0.3 is 5.11 Å². The van der Waals surface area contributed by atoms with Gasteiger partial charge in [-0.3, -0.25) is 4.79 Å². The van der Waals surface area contributed by atoms with Crippen LogP contribution in [0.4, 0.5) is 0 Å². The Morgan fingerprint density at radius 2 is 1.18 bits per heavy atom. The van der Waals surface area contributed by atoms with Crippen LogP contribution in [-0.4, -0.2) is 48.8 Å². The van der Waals surface area contributed by atoms with Crippen molar-refractivity contribution in [2.24, 2.45) is 0 Å². The number of rotatable bonds is 15. The van der Waals surface area contributed by atoms with Crippen LogP contribution >= 0.6 is 0 Å². The van der Waals surface area contributed by atoms with E-state index in [1.165, 1.54) is 70.6 Å². The van der Waals surface area contributed by atoms with E-state index in [0.29, 0.717) is 6.42 Å². The smallest absolute Gasteiger partial charge is 0 e. The predicted octanol–water partition coefficient (Wildman–Crippen LogP) is 5.19. The number of carboxylic acids is 1. The molecule has 0 radical (unpaired) electrons. The van der Waals surface area contributed by atoms with Crippen LogP contribution in [0, 0.1) is 0 Å². The van der Waals surface area contributed by atoms with E-state index in [4.69, 9.17) is 5.11 Å². The molecule has 0 aromatic heterocycles. The van der Waals surface area contributed by atoms with E-state index in [0.717, 1.165) is 12.8 Å². The summed E-state index contributed by atoms with van der Waals surface area (Å²) in [5.74, 6) is -0.664. The van der Waals surface area contributed by atoms with Crippen molar-refractivity contribution in [3.8, 4) is 0 Å². The molecule has 0 aliphatic carbocycles. The first-order valence-corrected chi connectivity index (χ1v) is 8.64. The maximum atomic E-state index is 10.3. The monoisotopic (exact) mass is 388 g/mol. The van der Waals surface area contributed by atoms with Gasteiger partial charge in [-0.2, -0.15) is 0 Å². The van der Waals surface area contributed by atoms with Crippen molar-refractivity contribution in [3.63, 3.8) is 0 Å². The standard InChI is InChI=1S/C18H34O2.Ca.Zn.2H/c1-2-3-4-5-6-7-8-9-10-11-12-13-14-15-16-17-18(19)20;;;;/h9-10H,2-8,11-17H2,1H3,(H,19,20);;;;/b10-9-;;;;. The molecule has 0 aromatic carbocycles. The third-order valence-electron chi connectivity index (χ3n) is 3.65. The van der Waals surface area contributed by atoms with E-state index in [-0.39, 0.29) is 57.2 Å². The van der Waals surface area contributed by atoms with Gasteiger partial charge in [0.1, 0.15) is 0 Å². The maximum absolute atomic E-state index is 10.3. The summed E-state index contributed by atoms with van der Waals surface area (Å²) in [5.41, 5.74) is 0. The second-order valence-electron chi connectivity index (χ2n) is 5.73. The van der Waals surface area contributed by atoms with E-state index in [1.807, 2.05) is 0 Å². The minimum absolute atomic E-state index is 0. The Kier molecular flexibility index (Phi) is 30.9. The molecule has 22 heavy (non-hydrogen) atoms. The van der Waals surface area contributed by atoms with Gasteiger partial charge in [0.05, 0.1) is 0 Å². The number of allylic oxidation sites excluding steroid dienone is 2. The normalized spacial score (nSPS) is 10.2. The largest absolute Gasteiger partial charge is 0 e. The molecule has 0 aromatic rings. The number of carbonyl (C=O) groups is 1. The van der Waals surface area contributed by atoms with Gasteiger partial charge in [0.15, 0.2) is 0 Å². The molecule has 0 heterocycles. The van der Waals surface area contributed by atoms with Crippen LogP contribution in [-0.2, 0) is 24.3 Å². The summed E-state index contributed by atoms with van der Waals surface area (Å²) >= 11 is 0. The summed E-state index contributed by atoms with van der Waals surface area (Å²) < 4.78 is 0. The number of carboxylic acid groups (broad SMARTS) is 1. The van der Waals surface area contributed by atoms with E-state index >= 15 is 0 Å². The Labute approximate surface area is 180 Å². The fourth-order valence-corrected chi connectivity index (χ4v) is 2.35. The molecule has 0 fully saturated rings. The molecule has 4 heteroatoms. The van der Waals surface area contributed by atoms with Gasteiger partial charge in [-0.1, -0.05) is 70.4 Å². The molecular formula is C18H36CaO2Zn. The first-order valence-electron chi connectivity index (χ1n) is 8.64. The van der Waals surface area contributed by atoms with Crippen molar-refractivity contribution < 1.29 is 29.4 Å². The Morgan fingerprint density at radius 1 is 0.773 bits per heavy atom. The van der Waals surface area contributed by atoms with Crippen LogP contribution in [0.1, 0.15) is 96.8 Å². The molecule has 0 aliphatic heterocycles. The molecule has 0 spiro atoms. The topological polar surface area (TPSA) is 37.3 Å². The zero-order valence-corrected chi connectivity index (χ0v) is 17.1. The minimum Gasteiger partial charge on any atom is 0 e. The molecule has 0 atom stereocenters. The summed E-state index contributed by atoms with van der Waals surface area (Å²) in [6.07, 6.45) is 21.2. The van der Waals surface area contributed by atoms with Crippen molar-refractivity contribution in [1.29, 1.82) is 0 Å². The molecule has 0 amide bonds. The van der Waals surface area contributed by atoms with Crippen molar-refractivity contribution in [1.82, 2.24) is 0 Å². The zero-order valence-electron chi connectivity index (χ0n) is 14.1. The van der Waals surface area contributed by atoms with Crippen LogP contribution in [0.5, 0.6) is 0 Å². The molecule has 0 rings (SSSR count). The van der Waals surface area contributed by atoms with Crippen LogP contribution < -0.4 is 0 Å². The number of hydrogen-bond donors (Lipinski definition) is 1. The van der Waals surface area contributed by atoms with Crippen molar-refractivity contribution >= 4 is 43.7 Å². The van der Waals surface area contributed by atoms with Crippen molar-refractivity contribution in [2.45, 2.75) is 96.8 Å². The van der Waals surface area contributed by atoms with Gasteiger partial charge in [-0.25, -0.2) is 0 Å². The molecule has 124 valence electrons. The van der Waals surface area contributed by atoms with Crippen LogP contribution in [0.25, 0.3) is 0 Å². The van der Waals surface area contributed by atoms with Gasteiger partial charge in [0, 0.05) is 25.9 Å². The quantitative estimate of drug-likeness (QED) is 0.238. The molecular weight excluding hydrogens is 354 g/mol. The summed E-state index contributed by atoms with van der Waals surface area (Å²) in [4.78, 5) is 10.3. The molecule has 1 N–H and O–H groups in total. The first kappa shape index (κ1) is 27.9. The number of aliphatic carboxylic acids is 1. The number of hydrogen-bond acceptors (Lipinski definition) is 1. The van der Waals surface area contributed by atoms with Crippen molar-refractivity contribution in [3.05, 3.63) is 12.2 Å². The minimum atomic E-state index is -0.664. The van der Waals surface area contributed by atoms with Gasteiger partial charge in [-0.05, 0) is 32.1 Å². The third kappa shape index (κ3) is 26.0. The average molecular weight is 390 g/mol. The van der Waals surface area contributed by atoms with E-state index in [2.05, 4.69) is 19.1 Å². The van der Waals surface area contributed by atoms with Gasteiger partial charge in [0.25, 0.3) is 0 Å². The fourth-order valence-electron chi connectivity index (χ4n) is 2.35. The molecule has 0 unspecified atom stereocenters. The Hall–Kier alpha value is 1.09. The molecule has 0 saturated heterocycles. The van der Waals surface area contributed by atoms with Crippen LogP contribution in [0.2, 0.25) is 0 Å². The number of unbranched alkanes of at least 4 members (excludes halogenated alkanes) is 11. The SMILES string of the molecule is CCCCCCCC/C=C\CCCCCCCC(=O)O.[CaH2].[Zn]. The maximum Gasteiger partial charge on any atom is 0 e. The summed E-state index contributed by atoms with van der Waals surface area (Å²) in [7, 11) is 0. The average Bonchev–Trinajstić information content (AvgIpc) is 2.43. The van der Waals surface area contributed by atoms with Crippen LogP contribution in [0.3, 0.4) is 0 Å². The molecule has 2 nitrogen and oxygen atoms in total. The fraction of sp³-hybridized carbons (Fsp3) is 0.833. The molecule has 0 saturated carbocycles. The van der Waals surface area contributed by atoms with E-state index in [9.17, 15) is 4.79 Å². The van der Waals surface area contributed by atoms with Gasteiger partial charge in [0.2, 0.25) is 0 Å². The first-order chi connectivity index (χ1) is 9.77. The zero-order chi connectivity index (χ0) is 14.9. The van der Waals surface area contributed by atoms with Gasteiger partial charge >= 0.3 is 43.7 Å². The van der Waals surface area contributed by atoms with Gasteiger partial charge in [-0.15, -0.1) is 0 Å². The van der Waals surface area contributed by atoms with E-state index in [1.54, 1.807) is 0 Å². The Balaban J connectivity index is -0.00000180. The summed E-state index contributed by atoms with van der Waals surface area (Å²) in [6.45, 7) is 2.26. The second-order valence-corrected chi connectivity index (χ2v) is 5.73. The third-order valence-corrected chi connectivity index (χ3v) is 3.65. The Bertz CT molecular complexity index is 245. The van der Waals surface area contributed by atoms with Crippen LogP contribution in [0.15, 0.2) is 12.2 Å². The summed E-state index contributed by atoms with van der Waals surface area (Å²) in [6, 6.07) is 0. The van der Waals surface area contributed by atoms with Crippen molar-refractivity contribution in [2.75, 3.05) is 0 Å².